The molecular weight excluding hydrogens is 492 g/mol. The standard InChI is InChI=1S/C31H24N4O4/c1-36-21-12-8-19(9-13-21)29-33-30-28-26(20-11-14-23(37-2)25(16-20)38-3)27-22-7-5-4-6-18(22)10-15-24(27)39-31(28)32-17-35(30)34-29/h4-17,26H,1-3H3. The summed E-state index contributed by atoms with van der Waals surface area (Å²) in [4.78, 5) is 9.67. The molecule has 4 aromatic carbocycles. The first-order valence-corrected chi connectivity index (χ1v) is 12.5. The van der Waals surface area contributed by atoms with Crippen LogP contribution in [0, 0.1) is 0 Å². The van der Waals surface area contributed by atoms with Gasteiger partial charge in [0, 0.05) is 17.0 Å². The zero-order chi connectivity index (χ0) is 26.5. The molecule has 1 atom stereocenters. The van der Waals surface area contributed by atoms with E-state index in [0.29, 0.717) is 28.9 Å². The molecule has 1 unspecified atom stereocenters. The highest BCUT2D eigenvalue weighted by atomic mass is 16.5. The fraction of sp³-hybridized carbons (Fsp3) is 0.129. The van der Waals surface area contributed by atoms with Crippen molar-refractivity contribution < 1.29 is 18.9 Å². The van der Waals surface area contributed by atoms with E-state index < -0.39 is 0 Å². The van der Waals surface area contributed by atoms with E-state index >= 15 is 0 Å². The average Bonchev–Trinajstić information content (AvgIpc) is 3.44. The Bertz CT molecular complexity index is 1860. The predicted molar refractivity (Wildman–Crippen MR) is 147 cm³/mol. The molecule has 0 fully saturated rings. The highest BCUT2D eigenvalue weighted by molar-refractivity contribution is 5.91. The number of ether oxygens (including phenoxy) is 4. The second-order valence-electron chi connectivity index (χ2n) is 9.24. The van der Waals surface area contributed by atoms with Crippen molar-refractivity contribution in [2.75, 3.05) is 21.3 Å². The van der Waals surface area contributed by atoms with Crippen molar-refractivity contribution in [1.29, 1.82) is 0 Å². The lowest BCUT2D eigenvalue weighted by atomic mass is 9.81. The number of benzene rings is 4. The van der Waals surface area contributed by atoms with Crippen LogP contribution in [0.2, 0.25) is 0 Å². The molecule has 8 heteroatoms. The van der Waals surface area contributed by atoms with Gasteiger partial charge in [0.2, 0.25) is 5.88 Å². The van der Waals surface area contributed by atoms with Gasteiger partial charge in [-0.1, -0.05) is 36.4 Å². The minimum absolute atomic E-state index is 0.251. The molecule has 2 aromatic heterocycles. The molecule has 39 heavy (non-hydrogen) atoms. The molecular formula is C31H24N4O4. The number of hydrogen-bond donors (Lipinski definition) is 0. The van der Waals surface area contributed by atoms with Crippen LogP contribution in [0.4, 0.5) is 0 Å². The fourth-order valence-electron chi connectivity index (χ4n) is 5.33. The number of nitrogens with zero attached hydrogens (tertiary/aromatic N) is 4. The summed E-state index contributed by atoms with van der Waals surface area (Å²) < 4.78 is 24.7. The highest BCUT2D eigenvalue weighted by Crippen LogP contribution is 2.51. The topological polar surface area (TPSA) is 80.0 Å². The lowest BCUT2D eigenvalue weighted by Gasteiger charge is -2.29. The minimum atomic E-state index is -0.251. The van der Waals surface area contributed by atoms with Gasteiger partial charge in [-0.15, -0.1) is 5.10 Å². The van der Waals surface area contributed by atoms with Gasteiger partial charge in [0.1, 0.15) is 17.8 Å². The summed E-state index contributed by atoms with van der Waals surface area (Å²) in [5.41, 5.74) is 4.42. The van der Waals surface area contributed by atoms with Crippen molar-refractivity contribution in [3.8, 4) is 40.3 Å². The van der Waals surface area contributed by atoms with E-state index in [1.165, 1.54) is 0 Å². The third-order valence-electron chi connectivity index (χ3n) is 7.19. The van der Waals surface area contributed by atoms with Crippen LogP contribution < -0.4 is 18.9 Å². The summed E-state index contributed by atoms with van der Waals surface area (Å²) in [7, 11) is 4.92. The molecule has 0 spiro atoms. The van der Waals surface area contributed by atoms with Crippen LogP contribution in [0.25, 0.3) is 27.8 Å². The first-order chi connectivity index (χ1) is 19.2. The predicted octanol–water partition coefficient (Wildman–Crippen LogP) is 6.26. The van der Waals surface area contributed by atoms with Crippen LogP contribution in [-0.4, -0.2) is 40.9 Å². The van der Waals surface area contributed by atoms with Gasteiger partial charge < -0.3 is 18.9 Å². The molecule has 1 aliphatic heterocycles. The smallest absolute Gasteiger partial charge is 0.228 e. The summed E-state index contributed by atoms with van der Waals surface area (Å²) in [6.45, 7) is 0. The summed E-state index contributed by atoms with van der Waals surface area (Å²) in [5, 5.41) is 6.97. The van der Waals surface area contributed by atoms with Gasteiger partial charge in [-0.3, -0.25) is 0 Å². The molecule has 0 saturated heterocycles. The van der Waals surface area contributed by atoms with Gasteiger partial charge in [0.05, 0.1) is 26.9 Å². The van der Waals surface area contributed by atoms with Crippen molar-refractivity contribution in [3.05, 3.63) is 102 Å². The largest absolute Gasteiger partial charge is 0.497 e. The molecule has 6 aromatic rings. The Morgan fingerprint density at radius 3 is 2.41 bits per heavy atom. The summed E-state index contributed by atoms with van der Waals surface area (Å²) >= 11 is 0. The molecule has 7 rings (SSSR count). The number of rotatable bonds is 5. The summed E-state index contributed by atoms with van der Waals surface area (Å²) in [6.07, 6.45) is 1.64. The van der Waals surface area contributed by atoms with Crippen molar-refractivity contribution in [2.24, 2.45) is 0 Å². The molecule has 0 saturated carbocycles. The normalized spacial score (nSPS) is 14.0. The second kappa shape index (κ2) is 9.02. The van der Waals surface area contributed by atoms with Crippen LogP contribution in [0.15, 0.2) is 85.2 Å². The van der Waals surface area contributed by atoms with Crippen LogP contribution in [0.1, 0.15) is 22.6 Å². The maximum atomic E-state index is 6.43. The van der Waals surface area contributed by atoms with E-state index in [2.05, 4.69) is 29.2 Å². The van der Waals surface area contributed by atoms with E-state index in [9.17, 15) is 0 Å². The number of fused-ring (bicyclic) bond motifs is 6. The third-order valence-corrected chi connectivity index (χ3v) is 7.19. The van der Waals surface area contributed by atoms with Gasteiger partial charge in [-0.05, 0) is 58.8 Å². The van der Waals surface area contributed by atoms with Gasteiger partial charge in [0.25, 0.3) is 0 Å². The van der Waals surface area contributed by atoms with Crippen LogP contribution >= 0.6 is 0 Å². The van der Waals surface area contributed by atoms with E-state index in [0.717, 1.165) is 44.5 Å². The molecule has 0 amide bonds. The summed E-state index contributed by atoms with van der Waals surface area (Å²) in [5.74, 6) is 3.66. The molecule has 0 radical (unpaired) electrons. The number of methoxy groups -OCH3 is 3. The highest BCUT2D eigenvalue weighted by Gasteiger charge is 2.35. The Morgan fingerprint density at radius 1 is 0.795 bits per heavy atom. The van der Waals surface area contributed by atoms with Gasteiger partial charge in [-0.2, -0.15) is 0 Å². The Kier molecular flexibility index (Phi) is 5.33. The van der Waals surface area contributed by atoms with E-state index in [1.807, 2.05) is 54.6 Å². The lowest BCUT2D eigenvalue weighted by molar-refractivity contribution is 0.354. The zero-order valence-electron chi connectivity index (χ0n) is 21.6. The molecule has 0 N–H and O–H groups in total. The van der Waals surface area contributed by atoms with Crippen LogP contribution in [0.5, 0.6) is 28.9 Å². The SMILES string of the molecule is COc1ccc(-c2nc3c4c(ncn3n2)Oc2ccc3ccccc3c2C4c2ccc(OC)c(OC)c2)cc1. The zero-order valence-corrected chi connectivity index (χ0v) is 21.6. The van der Waals surface area contributed by atoms with E-state index in [-0.39, 0.29) is 5.92 Å². The average molecular weight is 517 g/mol. The first-order valence-electron chi connectivity index (χ1n) is 12.5. The van der Waals surface area contributed by atoms with Crippen molar-refractivity contribution >= 4 is 16.4 Å². The van der Waals surface area contributed by atoms with E-state index in [1.54, 1.807) is 32.2 Å². The number of hydrogen-bond acceptors (Lipinski definition) is 7. The third kappa shape index (κ3) is 3.64. The Hall–Kier alpha value is -5.11. The first kappa shape index (κ1) is 23.0. The molecule has 0 bridgehead atoms. The van der Waals surface area contributed by atoms with E-state index in [4.69, 9.17) is 29.0 Å². The number of aromatic nitrogens is 4. The van der Waals surface area contributed by atoms with Crippen LogP contribution in [-0.2, 0) is 0 Å². The summed E-state index contributed by atoms with van der Waals surface area (Å²) in [6, 6.07) is 26.1. The second-order valence-corrected chi connectivity index (χ2v) is 9.24. The van der Waals surface area contributed by atoms with Crippen molar-refractivity contribution in [3.63, 3.8) is 0 Å². The monoisotopic (exact) mass is 516 g/mol. The Balaban J connectivity index is 1.50. The molecule has 0 aliphatic carbocycles. The van der Waals surface area contributed by atoms with Gasteiger partial charge >= 0.3 is 0 Å². The minimum Gasteiger partial charge on any atom is -0.497 e. The molecule has 1 aliphatic rings. The fourth-order valence-corrected chi connectivity index (χ4v) is 5.33. The maximum absolute atomic E-state index is 6.43. The Labute approximate surface area is 224 Å². The quantitative estimate of drug-likeness (QED) is 0.267. The van der Waals surface area contributed by atoms with Gasteiger partial charge in [0.15, 0.2) is 23.0 Å². The van der Waals surface area contributed by atoms with Gasteiger partial charge in [-0.25, -0.2) is 14.5 Å². The van der Waals surface area contributed by atoms with Crippen molar-refractivity contribution in [2.45, 2.75) is 5.92 Å². The molecule has 8 nitrogen and oxygen atoms in total. The lowest BCUT2D eigenvalue weighted by Crippen LogP contribution is -2.15. The maximum Gasteiger partial charge on any atom is 0.228 e. The molecule has 192 valence electrons. The van der Waals surface area contributed by atoms with Crippen molar-refractivity contribution in [1.82, 2.24) is 19.6 Å². The van der Waals surface area contributed by atoms with Crippen LogP contribution in [0.3, 0.4) is 0 Å². The molecule has 3 heterocycles. The Morgan fingerprint density at radius 2 is 1.62 bits per heavy atom.